The van der Waals surface area contributed by atoms with E-state index in [1.54, 1.807) is 0 Å². The fourth-order valence-electron chi connectivity index (χ4n) is 2.69. The van der Waals surface area contributed by atoms with Crippen molar-refractivity contribution in [3.8, 4) is 0 Å². The van der Waals surface area contributed by atoms with Gasteiger partial charge in [0.2, 0.25) is 0 Å². The zero-order chi connectivity index (χ0) is 13.3. The minimum absolute atomic E-state index is 0.140. The number of aryl methyl sites for hydroxylation is 2. The third kappa shape index (κ3) is 2.17. The zero-order valence-corrected chi connectivity index (χ0v) is 12.0. The van der Waals surface area contributed by atoms with Crippen molar-refractivity contribution in [1.29, 1.82) is 0 Å². The summed E-state index contributed by atoms with van der Waals surface area (Å²) in [6.07, 6.45) is 4.36. The number of nitrogens with two attached hydrogens (primary N) is 1. The van der Waals surface area contributed by atoms with Crippen LogP contribution in [0.15, 0.2) is 24.4 Å². The summed E-state index contributed by atoms with van der Waals surface area (Å²) in [5, 5.41) is 1.38. The van der Waals surface area contributed by atoms with Gasteiger partial charge in [-0.3, -0.25) is 0 Å². The van der Waals surface area contributed by atoms with Crippen LogP contribution in [0.1, 0.15) is 38.3 Å². The van der Waals surface area contributed by atoms with Crippen LogP contribution in [-0.4, -0.2) is 11.1 Å². The average Bonchev–Trinajstić information content (AvgIpc) is 2.67. The first-order chi connectivity index (χ1) is 8.49. The summed E-state index contributed by atoms with van der Waals surface area (Å²) in [5.74, 6) is 0. The van der Waals surface area contributed by atoms with Gasteiger partial charge >= 0.3 is 0 Å². The molecule has 2 nitrogen and oxygen atoms in total. The van der Waals surface area contributed by atoms with Gasteiger partial charge in [0, 0.05) is 24.1 Å². The number of benzene rings is 1. The molecule has 0 amide bonds. The Hall–Kier alpha value is -1.28. The van der Waals surface area contributed by atoms with Crippen molar-refractivity contribution in [1.82, 2.24) is 4.57 Å². The van der Waals surface area contributed by atoms with E-state index in [0.29, 0.717) is 0 Å². The van der Waals surface area contributed by atoms with Gasteiger partial charge in [-0.2, -0.15) is 0 Å². The maximum absolute atomic E-state index is 5.75. The lowest BCUT2D eigenvalue weighted by Gasteiger charge is -2.23. The molecule has 2 heteroatoms. The second-order valence-electron chi connectivity index (χ2n) is 5.78. The van der Waals surface area contributed by atoms with Gasteiger partial charge in [0.25, 0.3) is 0 Å². The van der Waals surface area contributed by atoms with Crippen molar-refractivity contribution >= 4 is 10.9 Å². The van der Waals surface area contributed by atoms with E-state index in [0.717, 1.165) is 19.4 Å². The highest BCUT2D eigenvalue weighted by molar-refractivity contribution is 5.85. The van der Waals surface area contributed by atoms with Crippen LogP contribution in [0.2, 0.25) is 0 Å². The van der Waals surface area contributed by atoms with Gasteiger partial charge < -0.3 is 10.3 Å². The SMILES string of the molecule is CCc1ccc2c(c1)c(C(C)(C)CCN)cn2C. The van der Waals surface area contributed by atoms with E-state index in [1.165, 1.54) is 22.0 Å². The maximum atomic E-state index is 5.75. The predicted octanol–water partition coefficient (Wildman–Crippen LogP) is 3.37. The number of hydrogen-bond acceptors (Lipinski definition) is 1. The van der Waals surface area contributed by atoms with Crippen LogP contribution in [0.3, 0.4) is 0 Å². The first-order valence-corrected chi connectivity index (χ1v) is 6.78. The van der Waals surface area contributed by atoms with Crippen molar-refractivity contribution in [3.05, 3.63) is 35.5 Å². The van der Waals surface area contributed by atoms with Crippen molar-refractivity contribution in [3.63, 3.8) is 0 Å². The molecule has 0 aliphatic rings. The molecular weight excluding hydrogens is 220 g/mol. The van der Waals surface area contributed by atoms with E-state index in [2.05, 4.69) is 56.8 Å². The number of hydrogen-bond donors (Lipinski definition) is 1. The highest BCUT2D eigenvalue weighted by Gasteiger charge is 2.24. The van der Waals surface area contributed by atoms with E-state index in [-0.39, 0.29) is 5.41 Å². The van der Waals surface area contributed by atoms with Gasteiger partial charge in [0.05, 0.1) is 0 Å². The van der Waals surface area contributed by atoms with Crippen LogP contribution >= 0.6 is 0 Å². The Labute approximate surface area is 110 Å². The lowest BCUT2D eigenvalue weighted by atomic mass is 9.81. The summed E-state index contributed by atoms with van der Waals surface area (Å²) in [5.41, 5.74) is 10.0. The summed E-state index contributed by atoms with van der Waals surface area (Å²) in [6, 6.07) is 6.79. The maximum Gasteiger partial charge on any atom is 0.0480 e. The van der Waals surface area contributed by atoms with Gasteiger partial charge in [-0.1, -0.05) is 26.8 Å². The van der Waals surface area contributed by atoms with Crippen LogP contribution in [-0.2, 0) is 18.9 Å². The summed E-state index contributed by atoms with van der Waals surface area (Å²) in [4.78, 5) is 0. The molecule has 2 N–H and O–H groups in total. The standard InChI is InChI=1S/C16H24N2/c1-5-12-6-7-15-13(10-12)14(11-18(15)4)16(2,3)8-9-17/h6-7,10-11H,5,8-9,17H2,1-4H3. The van der Waals surface area contributed by atoms with Crippen molar-refractivity contribution in [2.24, 2.45) is 12.8 Å². The lowest BCUT2D eigenvalue weighted by molar-refractivity contribution is 0.490. The average molecular weight is 244 g/mol. The highest BCUT2D eigenvalue weighted by Crippen LogP contribution is 2.34. The Morgan fingerprint density at radius 1 is 1.28 bits per heavy atom. The molecule has 0 atom stereocenters. The van der Waals surface area contributed by atoms with Gasteiger partial charge in [0.15, 0.2) is 0 Å². The Bertz CT molecular complexity index is 549. The molecule has 1 aromatic heterocycles. The second kappa shape index (κ2) is 4.77. The molecule has 0 bridgehead atoms. The third-order valence-electron chi connectivity index (χ3n) is 3.96. The van der Waals surface area contributed by atoms with Gasteiger partial charge in [-0.25, -0.2) is 0 Å². The van der Waals surface area contributed by atoms with E-state index < -0.39 is 0 Å². The molecular formula is C16H24N2. The molecule has 0 fully saturated rings. The van der Waals surface area contributed by atoms with Crippen molar-refractivity contribution in [2.75, 3.05) is 6.54 Å². The highest BCUT2D eigenvalue weighted by atomic mass is 14.9. The largest absolute Gasteiger partial charge is 0.350 e. The molecule has 2 aromatic rings. The minimum Gasteiger partial charge on any atom is -0.350 e. The Balaban J connectivity index is 2.63. The number of rotatable bonds is 4. The Morgan fingerprint density at radius 3 is 2.61 bits per heavy atom. The molecule has 1 aromatic carbocycles. The Kier molecular flexibility index (Phi) is 3.49. The molecule has 0 radical (unpaired) electrons. The van der Waals surface area contributed by atoms with Crippen LogP contribution in [0.4, 0.5) is 0 Å². The fraction of sp³-hybridized carbons (Fsp3) is 0.500. The molecule has 0 spiro atoms. The number of aromatic nitrogens is 1. The van der Waals surface area contributed by atoms with Crippen LogP contribution in [0.5, 0.6) is 0 Å². The normalized spacial score (nSPS) is 12.3. The molecule has 0 saturated heterocycles. The van der Waals surface area contributed by atoms with Crippen molar-refractivity contribution in [2.45, 2.75) is 39.0 Å². The second-order valence-corrected chi connectivity index (χ2v) is 5.78. The first kappa shape index (κ1) is 13.2. The molecule has 2 rings (SSSR count). The monoisotopic (exact) mass is 244 g/mol. The number of nitrogens with zero attached hydrogens (tertiary/aromatic N) is 1. The van der Waals surface area contributed by atoms with E-state index in [1.807, 2.05) is 0 Å². The van der Waals surface area contributed by atoms with Crippen LogP contribution in [0, 0.1) is 0 Å². The molecule has 18 heavy (non-hydrogen) atoms. The summed E-state index contributed by atoms with van der Waals surface area (Å²) in [6.45, 7) is 7.51. The van der Waals surface area contributed by atoms with Gasteiger partial charge in [0.1, 0.15) is 0 Å². The Morgan fingerprint density at radius 2 is 2.00 bits per heavy atom. The number of fused-ring (bicyclic) bond motifs is 1. The van der Waals surface area contributed by atoms with E-state index >= 15 is 0 Å². The first-order valence-electron chi connectivity index (χ1n) is 6.78. The minimum atomic E-state index is 0.140. The summed E-state index contributed by atoms with van der Waals surface area (Å²) >= 11 is 0. The fourth-order valence-corrected chi connectivity index (χ4v) is 2.69. The van der Waals surface area contributed by atoms with Crippen LogP contribution in [0.25, 0.3) is 10.9 Å². The molecule has 1 heterocycles. The van der Waals surface area contributed by atoms with Gasteiger partial charge in [-0.05, 0) is 48.1 Å². The molecule has 0 unspecified atom stereocenters. The molecule has 0 aliphatic carbocycles. The summed E-state index contributed by atoms with van der Waals surface area (Å²) < 4.78 is 2.22. The smallest absolute Gasteiger partial charge is 0.0480 e. The third-order valence-corrected chi connectivity index (χ3v) is 3.96. The van der Waals surface area contributed by atoms with Crippen molar-refractivity contribution < 1.29 is 0 Å². The molecule has 98 valence electrons. The van der Waals surface area contributed by atoms with Crippen LogP contribution < -0.4 is 5.73 Å². The van der Waals surface area contributed by atoms with E-state index in [4.69, 9.17) is 5.73 Å². The quantitative estimate of drug-likeness (QED) is 0.878. The van der Waals surface area contributed by atoms with E-state index in [9.17, 15) is 0 Å². The predicted molar refractivity (Wildman–Crippen MR) is 79.0 cm³/mol. The zero-order valence-electron chi connectivity index (χ0n) is 12.0. The lowest BCUT2D eigenvalue weighted by Crippen LogP contribution is -2.21. The summed E-state index contributed by atoms with van der Waals surface area (Å²) in [7, 11) is 2.12. The molecule has 0 saturated carbocycles. The topological polar surface area (TPSA) is 30.9 Å². The van der Waals surface area contributed by atoms with Gasteiger partial charge in [-0.15, -0.1) is 0 Å². The molecule has 0 aliphatic heterocycles.